The first-order chi connectivity index (χ1) is 12.1. The summed E-state index contributed by atoms with van der Waals surface area (Å²) in [6.45, 7) is 3.36. The van der Waals surface area contributed by atoms with E-state index < -0.39 is 0 Å². The molecule has 1 fully saturated rings. The smallest absolute Gasteiger partial charge is 0.267 e. The second kappa shape index (κ2) is 8.07. The van der Waals surface area contributed by atoms with E-state index in [0.717, 1.165) is 13.1 Å². The number of rotatable bonds is 5. The number of halogens is 1. The van der Waals surface area contributed by atoms with Crippen LogP contribution in [0.1, 0.15) is 16.9 Å². The zero-order valence-electron chi connectivity index (χ0n) is 13.9. The van der Waals surface area contributed by atoms with Gasteiger partial charge in [0.1, 0.15) is 5.69 Å². The van der Waals surface area contributed by atoms with Crippen molar-refractivity contribution in [2.45, 2.75) is 6.42 Å². The number of para-hydroxylation sites is 1. The quantitative estimate of drug-likeness (QED) is 0.858. The van der Waals surface area contributed by atoms with Gasteiger partial charge in [-0.15, -0.1) is 0 Å². The topological polar surface area (TPSA) is 68.4 Å². The monoisotopic (exact) mass is 360 g/mol. The van der Waals surface area contributed by atoms with Crippen LogP contribution in [0, 0.1) is 0 Å². The molecule has 6 nitrogen and oxygen atoms in total. The molecule has 0 aliphatic carbocycles. The number of H-pyrrole nitrogens is 1. The predicted molar refractivity (Wildman–Crippen MR) is 98.0 cm³/mol. The van der Waals surface area contributed by atoms with Crippen molar-refractivity contribution in [2.24, 2.45) is 0 Å². The number of hydrogen-bond donors (Lipinski definition) is 2. The number of hydrogen-bond acceptors (Lipinski definition) is 3. The number of aromatic nitrogens is 1. The average Bonchev–Trinajstić information content (AvgIpc) is 3.09. The van der Waals surface area contributed by atoms with Crippen molar-refractivity contribution in [1.29, 1.82) is 0 Å². The predicted octanol–water partition coefficient (Wildman–Crippen LogP) is 2.14. The maximum atomic E-state index is 12.3. The minimum Gasteiger partial charge on any atom is -0.368 e. The van der Waals surface area contributed by atoms with Gasteiger partial charge in [-0.1, -0.05) is 29.8 Å². The third-order valence-corrected chi connectivity index (χ3v) is 4.49. The standard InChI is InChI=1S/C18H21ClN4O2/c19-14-12-16(21-13-14)18(25)20-7-6-17(24)23-10-8-22(9-11-23)15-4-2-1-3-5-15/h1-5,12-13,21H,6-11H2,(H,20,25). The van der Waals surface area contributed by atoms with Crippen LogP contribution in [0.15, 0.2) is 42.6 Å². The molecule has 132 valence electrons. The molecule has 1 saturated heterocycles. The lowest BCUT2D eigenvalue weighted by molar-refractivity contribution is -0.131. The molecule has 0 radical (unpaired) electrons. The van der Waals surface area contributed by atoms with Gasteiger partial charge < -0.3 is 20.1 Å². The summed E-state index contributed by atoms with van der Waals surface area (Å²) in [6.07, 6.45) is 1.85. The van der Waals surface area contributed by atoms with Crippen molar-refractivity contribution in [3.63, 3.8) is 0 Å². The summed E-state index contributed by atoms with van der Waals surface area (Å²) in [5.74, 6) is -0.189. The van der Waals surface area contributed by atoms with E-state index in [0.29, 0.717) is 36.8 Å². The first kappa shape index (κ1) is 17.4. The molecule has 0 unspecified atom stereocenters. The molecule has 2 heterocycles. The van der Waals surface area contributed by atoms with Crippen molar-refractivity contribution in [3.05, 3.63) is 53.3 Å². The number of nitrogens with one attached hydrogen (secondary N) is 2. The zero-order valence-corrected chi connectivity index (χ0v) is 14.6. The van der Waals surface area contributed by atoms with Crippen LogP contribution in [0.2, 0.25) is 5.02 Å². The highest BCUT2D eigenvalue weighted by Gasteiger charge is 2.21. The molecule has 1 aliphatic heterocycles. The Balaban J connectivity index is 1.40. The van der Waals surface area contributed by atoms with Crippen LogP contribution in [-0.4, -0.2) is 54.4 Å². The van der Waals surface area contributed by atoms with Crippen LogP contribution in [-0.2, 0) is 4.79 Å². The Bertz CT molecular complexity index is 724. The number of carbonyl (C=O) groups is 2. The molecule has 0 spiro atoms. The van der Waals surface area contributed by atoms with Crippen LogP contribution in [0.5, 0.6) is 0 Å². The summed E-state index contributed by atoms with van der Waals surface area (Å²) >= 11 is 5.77. The maximum Gasteiger partial charge on any atom is 0.267 e. The SMILES string of the molecule is O=C(NCCC(=O)N1CCN(c2ccccc2)CC1)c1cc(Cl)c[nH]1. The Morgan fingerprint density at radius 1 is 1.12 bits per heavy atom. The van der Waals surface area contributed by atoms with E-state index in [2.05, 4.69) is 27.3 Å². The van der Waals surface area contributed by atoms with E-state index in [4.69, 9.17) is 11.6 Å². The molecule has 0 atom stereocenters. The second-order valence-electron chi connectivity index (χ2n) is 5.94. The molecule has 25 heavy (non-hydrogen) atoms. The highest BCUT2D eigenvalue weighted by Crippen LogP contribution is 2.15. The van der Waals surface area contributed by atoms with Crippen molar-refractivity contribution < 1.29 is 9.59 Å². The molecule has 2 aromatic rings. The summed E-state index contributed by atoms with van der Waals surface area (Å²) in [5, 5.41) is 3.21. The number of amides is 2. The number of benzene rings is 1. The molecule has 1 aromatic carbocycles. The highest BCUT2D eigenvalue weighted by atomic mass is 35.5. The number of carbonyl (C=O) groups excluding carboxylic acids is 2. The number of piperazine rings is 1. The number of nitrogens with zero attached hydrogens (tertiary/aromatic N) is 2. The van der Waals surface area contributed by atoms with Crippen molar-refractivity contribution >= 4 is 29.1 Å². The molecule has 2 amide bonds. The molecule has 0 saturated carbocycles. The minimum atomic E-state index is -0.256. The van der Waals surface area contributed by atoms with Gasteiger partial charge >= 0.3 is 0 Å². The summed E-state index contributed by atoms with van der Waals surface area (Å²) in [7, 11) is 0. The fraction of sp³-hybridized carbons (Fsp3) is 0.333. The fourth-order valence-electron chi connectivity index (χ4n) is 2.89. The summed E-state index contributed by atoms with van der Waals surface area (Å²) < 4.78 is 0. The van der Waals surface area contributed by atoms with Gasteiger partial charge in [0.15, 0.2) is 0 Å². The Hall–Kier alpha value is -2.47. The molecule has 1 aliphatic rings. The number of anilines is 1. The zero-order chi connectivity index (χ0) is 17.6. The summed E-state index contributed by atoms with van der Waals surface area (Å²) in [5.41, 5.74) is 1.58. The van der Waals surface area contributed by atoms with Gasteiger partial charge in [0.2, 0.25) is 5.91 Å². The molecule has 1 aromatic heterocycles. The average molecular weight is 361 g/mol. The Kier molecular flexibility index (Phi) is 5.60. The Morgan fingerprint density at radius 3 is 2.48 bits per heavy atom. The normalized spacial score (nSPS) is 14.4. The maximum absolute atomic E-state index is 12.3. The molecule has 2 N–H and O–H groups in total. The summed E-state index contributed by atoms with van der Waals surface area (Å²) in [6, 6.07) is 11.8. The van der Waals surface area contributed by atoms with E-state index in [1.165, 1.54) is 5.69 Å². The lowest BCUT2D eigenvalue weighted by Crippen LogP contribution is -2.49. The van der Waals surface area contributed by atoms with Gasteiger partial charge in [-0.2, -0.15) is 0 Å². The molecule has 7 heteroatoms. The molecular weight excluding hydrogens is 340 g/mol. The third kappa shape index (κ3) is 4.54. The Labute approximate surface area is 151 Å². The van der Waals surface area contributed by atoms with Crippen LogP contribution in [0.25, 0.3) is 0 Å². The minimum absolute atomic E-state index is 0.0672. The van der Waals surface area contributed by atoms with Crippen molar-refractivity contribution in [1.82, 2.24) is 15.2 Å². The third-order valence-electron chi connectivity index (χ3n) is 4.27. The van der Waals surface area contributed by atoms with Gasteiger partial charge in [-0.25, -0.2) is 0 Å². The van der Waals surface area contributed by atoms with Gasteiger partial charge in [-0.05, 0) is 18.2 Å². The number of aromatic amines is 1. The Morgan fingerprint density at radius 2 is 1.84 bits per heavy atom. The van der Waals surface area contributed by atoms with Gasteiger partial charge in [0.25, 0.3) is 5.91 Å². The van der Waals surface area contributed by atoms with Crippen LogP contribution in [0.3, 0.4) is 0 Å². The first-order valence-electron chi connectivity index (χ1n) is 8.33. The van der Waals surface area contributed by atoms with E-state index >= 15 is 0 Å². The second-order valence-corrected chi connectivity index (χ2v) is 6.38. The van der Waals surface area contributed by atoms with Gasteiger partial charge in [-0.3, -0.25) is 9.59 Å². The molecule has 0 bridgehead atoms. The summed E-state index contributed by atoms with van der Waals surface area (Å²) in [4.78, 5) is 31.1. The van der Waals surface area contributed by atoms with E-state index in [1.54, 1.807) is 12.3 Å². The fourth-order valence-corrected chi connectivity index (χ4v) is 3.05. The van der Waals surface area contributed by atoms with Crippen LogP contribution >= 0.6 is 11.6 Å². The largest absolute Gasteiger partial charge is 0.368 e. The van der Waals surface area contributed by atoms with Crippen LogP contribution < -0.4 is 10.2 Å². The molecular formula is C18H21ClN4O2. The van der Waals surface area contributed by atoms with Crippen LogP contribution in [0.4, 0.5) is 5.69 Å². The van der Waals surface area contributed by atoms with E-state index in [9.17, 15) is 9.59 Å². The molecule has 3 rings (SSSR count). The van der Waals surface area contributed by atoms with Gasteiger partial charge in [0.05, 0.1) is 5.02 Å². The van der Waals surface area contributed by atoms with Crippen molar-refractivity contribution in [3.8, 4) is 0 Å². The highest BCUT2D eigenvalue weighted by molar-refractivity contribution is 6.30. The lowest BCUT2D eigenvalue weighted by Gasteiger charge is -2.36. The van der Waals surface area contributed by atoms with Crippen molar-refractivity contribution in [2.75, 3.05) is 37.6 Å². The first-order valence-corrected chi connectivity index (χ1v) is 8.71. The van der Waals surface area contributed by atoms with Gasteiger partial charge in [0, 0.05) is 51.0 Å². The van der Waals surface area contributed by atoms with E-state index in [1.807, 2.05) is 23.1 Å². The lowest BCUT2D eigenvalue weighted by atomic mass is 10.2. The van der Waals surface area contributed by atoms with E-state index in [-0.39, 0.29) is 11.8 Å².